The van der Waals surface area contributed by atoms with Crippen LogP contribution in [0, 0.1) is 11.8 Å². The molecule has 1 aromatic carbocycles. The van der Waals surface area contributed by atoms with Gasteiger partial charge in [-0.1, -0.05) is 24.3 Å². The van der Waals surface area contributed by atoms with Crippen LogP contribution in [0.15, 0.2) is 24.3 Å². The molecule has 0 N–H and O–H groups in total. The van der Waals surface area contributed by atoms with E-state index in [9.17, 15) is 0 Å². The van der Waals surface area contributed by atoms with Gasteiger partial charge in [0.05, 0.1) is 0 Å². The number of rotatable bonds is 0. The second-order valence-corrected chi connectivity index (χ2v) is 4.29. The molecule has 0 aliphatic heterocycles. The van der Waals surface area contributed by atoms with Crippen LogP contribution < -0.4 is 0 Å². The maximum atomic E-state index is 3.31. The Morgan fingerprint density at radius 2 is 1.79 bits per heavy atom. The van der Waals surface area contributed by atoms with E-state index in [0.717, 1.165) is 24.7 Å². The molecule has 70 valence electrons. The molecule has 2 aliphatic carbocycles. The highest BCUT2D eigenvalue weighted by molar-refractivity contribution is 5.45. The fourth-order valence-corrected chi connectivity index (χ4v) is 2.81. The lowest BCUT2D eigenvalue weighted by atomic mass is 9.64. The summed E-state index contributed by atoms with van der Waals surface area (Å²) in [6.07, 6.45) is 4.81. The van der Waals surface area contributed by atoms with Crippen LogP contribution in [0.4, 0.5) is 0 Å². The van der Waals surface area contributed by atoms with Gasteiger partial charge in [-0.3, -0.25) is 0 Å². The van der Waals surface area contributed by atoms with Crippen LogP contribution in [-0.4, -0.2) is 0 Å². The minimum Gasteiger partial charge on any atom is -0.103 e. The summed E-state index contributed by atoms with van der Waals surface area (Å²) in [4.78, 5) is 0. The van der Waals surface area contributed by atoms with Crippen molar-refractivity contribution >= 4 is 0 Å². The Morgan fingerprint density at radius 3 is 2.64 bits per heavy atom. The summed E-state index contributed by atoms with van der Waals surface area (Å²) in [6.45, 7) is 0. The van der Waals surface area contributed by atoms with Crippen molar-refractivity contribution in [3.05, 3.63) is 35.4 Å². The maximum Gasteiger partial charge on any atom is 0.0164 e. The van der Waals surface area contributed by atoms with Crippen molar-refractivity contribution in [3.63, 3.8) is 0 Å². The zero-order chi connectivity index (χ0) is 9.38. The molecule has 0 saturated carbocycles. The van der Waals surface area contributed by atoms with E-state index in [-0.39, 0.29) is 0 Å². The van der Waals surface area contributed by atoms with Crippen molar-refractivity contribution in [2.75, 3.05) is 0 Å². The van der Waals surface area contributed by atoms with Gasteiger partial charge in [-0.25, -0.2) is 0 Å². The first kappa shape index (κ1) is 8.12. The quantitative estimate of drug-likeness (QED) is 0.539. The van der Waals surface area contributed by atoms with Crippen LogP contribution in [0.5, 0.6) is 0 Å². The molecule has 0 heteroatoms. The SMILES string of the molecule is C1#CCC2c3ccccc3C2CCC1. The Balaban J connectivity index is 1.97. The summed E-state index contributed by atoms with van der Waals surface area (Å²) in [5.41, 5.74) is 3.16. The zero-order valence-corrected chi connectivity index (χ0v) is 8.29. The molecule has 14 heavy (non-hydrogen) atoms. The van der Waals surface area contributed by atoms with Crippen molar-refractivity contribution in [2.24, 2.45) is 0 Å². The smallest absolute Gasteiger partial charge is 0.0164 e. The largest absolute Gasteiger partial charge is 0.103 e. The lowest BCUT2D eigenvalue weighted by molar-refractivity contribution is 0.435. The molecule has 2 unspecified atom stereocenters. The molecule has 0 nitrogen and oxygen atoms in total. The number of hydrogen-bond acceptors (Lipinski definition) is 0. The van der Waals surface area contributed by atoms with Crippen LogP contribution in [-0.2, 0) is 0 Å². The highest BCUT2D eigenvalue weighted by Crippen LogP contribution is 2.51. The lowest BCUT2D eigenvalue weighted by Gasteiger charge is -2.39. The first-order chi connectivity index (χ1) is 6.97. The Kier molecular flexibility index (Phi) is 1.84. The monoisotopic (exact) mass is 182 g/mol. The number of benzene rings is 1. The van der Waals surface area contributed by atoms with E-state index >= 15 is 0 Å². The van der Waals surface area contributed by atoms with Gasteiger partial charge in [-0.05, 0) is 29.9 Å². The molecule has 0 saturated heterocycles. The average molecular weight is 182 g/mol. The number of hydrogen-bond donors (Lipinski definition) is 0. The minimum absolute atomic E-state index is 0.749. The Labute approximate surface area is 85.3 Å². The molecule has 0 bridgehead atoms. The fourth-order valence-electron chi connectivity index (χ4n) is 2.81. The van der Waals surface area contributed by atoms with E-state index in [1.807, 2.05) is 0 Å². The van der Waals surface area contributed by atoms with Gasteiger partial charge >= 0.3 is 0 Å². The highest BCUT2D eigenvalue weighted by atomic mass is 14.4. The summed E-state index contributed by atoms with van der Waals surface area (Å²) in [5.74, 6) is 8.13. The van der Waals surface area contributed by atoms with Gasteiger partial charge in [0, 0.05) is 18.8 Å². The van der Waals surface area contributed by atoms with E-state index in [1.54, 1.807) is 11.1 Å². The molecule has 0 amide bonds. The summed E-state index contributed by atoms with van der Waals surface area (Å²) < 4.78 is 0. The van der Waals surface area contributed by atoms with E-state index in [0.29, 0.717) is 0 Å². The van der Waals surface area contributed by atoms with Gasteiger partial charge in [0.1, 0.15) is 0 Å². The molecule has 3 rings (SSSR count). The topological polar surface area (TPSA) is 0 Å². The predicted molar refractivity (Wildman–Crippen MR) is 58.2 cm³/mol. The molecule has 0 heterocycles. The average Bonchev–Trinajstić information content (AvgIpc) is 2.17. The van der Waals surface area contributed by atoms with E-state index in [2.05, 4.69) is 36.1 Å². The van der Waals surface area contributed by atoms with E-state index in [4.69, 9.17) is 0 Å². The van der Waals surface area contributed by atoms with Gasteiger partial charge in [0.15, 0.2) is 0 Å². The number of fused-ring (bicyclic) bond motifs is 4. The molecular weight excluding hydrogens is 168 g/mol. The zero-order valence-electron chi connectivity index (χ0n) is 8.29. The summed E-state index contributed by atoms with van der Waals surface area (Å²) in [5, 5.41) is 0. The minimum atomic E-state index is 0.749. The fraction of sp³-hybridized carbons (Fsp3) is 0.429. The normalized spacial score (nSPS) is 28.3. The summed E-state index contributed by atoms with van der Waals surface area (Å²) >= 11 is 0. The third kappa shape index (κ3) is 1.09. The third-order valence-electron chi connectivity index (χ3n) is 3.54. The molecule has 0 spiro atoms. The predicted octanol–water partition coefficient (Wildman–Crippen LogP) is 3.44. The Bertz CT molecular complexity index is 406. The van der Waals surface area contributed by atoms with Crippen molar-refractivity contribution in [1.29, 1.82) is 0 Å². The Morgan fingerprint density at radius 1 is 1.00 bits per heavy atom. The van der Waals surface area contributed by atoms with Crippen LogP contribution in [0.3, 0.4) is 0 Å². The van der Waals surface area contributed by atoms with Gasteiger partial charge in [0.2, 0.25) is 0 Å². The summed E-state index contributed by atoms with van der Waals surface area (Å²) in [6, 6.07) is 8.89. The van der Waals surface area contributed by atoms with Crippen LogP contribution in [0.25, 0.3) is 0 Å². The molecule has 2 aliphatic rings. The van der Waals surface area contributed by atoms with Crippen molar-refractivity contribution in [1.82, 2.24) is 0 Å². The second-order valence-electron chi connectivity index (χ2n) is 4.29. The second kappa shape index (κ2) is 3.17. The van der Waals surface area contributed by atoms with Crippen molar-refractivity contribution in [2.45, 2.75) is 37.5 Å². The highest BCUT2D eigenvalue weighted by Gasteiger charge is 2.35. The van der Waals surface area contributed by atoms with Crippen molar-refractivity contribution in [3.8, 4) is 11.8 Å². The van der Waals surface area contributed by atoms with Gasteiger partial charge in [-0.2, -0.15) is 0 Å². The van der Waals surface area contributed by atoms with Crippen LogP contribution in [0.1, 0.15) is 48.6 Å². The maximum absolute atomic E-state index is 3.31. The van der Waals surface area contributed by atoms with Gasteiger partial charge in [-0.15, -0.1) is 11.8 Å². The first-order valence-corrected chi connectivity index (χ1v) is 5.51. The van der Waals surface area contributed by atoms with Gasteiger partial charge in [0.25, 0.3) is 0 Å². The summed E-state index contributed by atoms with van der Waals surface area (Å²) in [7, 11) is 0. The molecule has 0 fully saturated rings. The molecule has 2 atom stereocenters. The van der Waals surface area contributed by atoms with E-state index in [1.165, 1.54) is 12.8 Å². The first-order valence-electron chi connectivity index (χ1n) is 5.51. The van der Waals surface area contributed by atoms with E-state index < -0.39 is 0 Å². The molecule has 1 aromatic rings. The van der Waals surface area contributed by atoms with Gasteiger partial charge < -0.3 is 0 Å². The van der Waals surface area contributed by atoms with Crippen LogP contribution >= 0.6 is 0 Å². The van der Waals surface area contributed by atoms with Crippen molar-refractivity contribution < 1.29 is 0 Å². The van der Waals surface area contributed by atoms with Crippen LogP contribution in [0.2, 0.25) is 0 Å². The third-order valence-corrected chi connectivity index (χ3v) is 3.54. The molecule has 0 aromatic heterocycles. The lowest BCUT2D eigenvalue weighted by Crippen LogP contribution is -2.24. The molecule has 0 radical (unpaired) electrons. The standard InChI is InChI=1S/C14H14/c1-2-4-8-12-11(7-3-1)13-9-5-6-10-14(12)13/h5-6,9-12H,1,3,7-8H2. The Hall–Kier alpha value is -1.22. The molecular formula is C14H14.